The Balaban J connectivity index is 5.35. The van der Waals surface area contributed by atoms with Crippen LogP contribution in [0.15, 0.2) is 85.1 Å². The van der Waals surface area contributed by atoms with Crippen molar-refractivity contribution < 1.29 is 80.2 Å². The van der Waals surface area contributed by atoms with Crippen LogP contribution in [0.5, 0.6) is 0 Å². The van der Waals surface area contributed by atoms with E-state index >= 15 is 0 Å². The Kier molecular flexibility index (Phi) is 70.8. The number of rotatable bonds is 75. The third kappa shape index (κ3) is 72.6. The van der Waals surface area contributed by atoms with Crippen molar-refractivity contribution in [2.24, 2.45) is 0 Å². The van der Waals surface area contributed by atoms with Gasteiger partial charge in [0.05, 0.1) is 26.4 Å². The minimum absolute atomic E-state index is 0.0791. The predicted molar refractivity (Wildman–Crippen MR) is 409 cm³/mol. The van der Waals surface area contributed by atoms with Crippen molar-refractivity contribution in [3.05, 3.63) is 85.1 Å². The average molecular weight is 1450 g/mol. The molecule has 0 spiro atoms. The van der Waals surface area contributed by atoms with Crippen molar-refractivity contribution in [2.75, 3.05) is 39.6 Å². The monoisotopic (exact) mass is 1450 g/mol. The highest BCUT2D eigenvalue weighted by molar-refractivity contribution is 7.47. The summed E-state index contributed by atoms with van der Waals surface area (Å²) in [7, 11) is -9.95. The number of hydrogen-bond donors (Lipinski definition) is 3. The molecule has 0 bridgehead atoms. The van der Waals surface area contributed by atoms with Crippen molar-refractivity contribution >= 4 is 39.5 Å². The molecule has 0 aromatic rings. The van der Waals surface area contributed by atoms with E-state index in [0.29, 0.717) is 25.7 Å². The first-order valence-corrected chi connectivity index (χ1v) is 42.8. The number of phosphoric ester groups is 2. The molecule has 0 aliphatic heterocycles. The second-order valence-corrected chi connectivity index (χ2v) is 29.5. The molecule has 0 aromatic carbocycles. The predicted octanol–water partition coefficient (Wildman–Crippen LogP) is 23.0. The van der Waals surface area contributed by atoms with E-state index in [0.717, 1.165) is 161 Å². The van der Waals surface area contributed by atoms with Crippen LogP contribution >= 0.6 is 15.6 Å². The van der Waals surface area contributed by atoms with Crippen LogP contribution in [-0.4, -0.2) is 96.7 Å². The lowest BCUT2D eigenvalue weighted by Crippen LogP contribution is -2.30. The van der Waals surface area contributed by atoms with E-state index in [2.05, 4.69) is 113 Å². The van der Waals surface area contributed by atoms with Gasteiger partial charge in [-0.2, -0.15) is 0 Å². The zero-order chi connectivity index (χ0) is 73.2. The zero-order valence-electron chi connectivity index (χ0n) is 63.4. The Labute approximate surface area is 608 Å². The number of allylic oxidation sites excluding steroid dienone is 14. The summed E-state index contributed by atoms with van der Waals surface area (Å²) in [6.45, 7) is 4.67. The van der Waals surface area contributed by atoms with Gasteiger partial charge in [0.15, 0.2) is 12.2 Å². The van der Waals surface area contributed by atoms with Gasteiger partial charge in [0.25, 0.3) is 0 Å². The summed E-state index contributed by atoms with van der Waals surface area (Å²) in [5.41, 5.74) is 0. The number of hydrogen-bond acceptors (Lipinski definition) is 15. The van der Waals surface area contributed by atoms with Crippen LogP contribution in [0.4, 0.5) is 0 Å². The van der Waals surface area contributed by atoms with Crippen LogP contribution in [0.2, 0.25) is 0 Å². The molecule has 3 N–H and O–H groups in total. The second-order valence-electron chi connectivity index (χ2n) is 26.6. The summed E-state index contributed by atoms with van der Waals surface area (Å²) in [5, 5.41) is 10.6. The smallest absolute Gasteiger partial charge is 0.462 e. The van der Waals surface area contributed by atoms with Crippen LogP contribution in [0.1, 0.15) is 349 Å². The van der Waals surface area contributed by atoms with Crippen molar-refractivity contribution in [3.8, 4) is 0 Å². The SMILES string of the molecule is CC/C=C\C/C=C\C/C=C\C/C=C\CCCCCCC(=O)OCC(COP(=O)(O)OCC(O)COP(=O)(O)OCC(COC(=O)CCCCCCCCCCCCCCC)OC(=O)CCCCCCCCCCCCCCC)OC(=O)CCCCCCCCC/C=C\C/C=C\C/C=C\CC. The second kappa shape index (κ2) is 73.5. The molecule has 0 rings (SSSR count). The summed E-state index contributed by atoms with van der Waals surface area (Å²) in [5.74, 6) is -2.18. The first-order valence-electron chi connectivity index (χ1n) is 39.8. The summed E-state index contributed by atoms with van der Waals surface area (Å²) in [4.78, 5) is 73.0. The lowest BCUT2D eigenvalue weighted by molar-refractivity contribution is -0.161. The molecular formula is C81H144O17P2. The molecule has 5 unspecified atom stereocenters. The fraction of sp³-hybridized carbons (Fsp3) is 0.778. The molecule has 17 nitrogen and oxygen atoms in total. The Hall–Kier alpha value is -3.76. The summed E-state index contributed by atoms with van der Waals surface area (Å²) < 4.78 is 68.6. The van der Waals surface area contributed by atoms with Crippen molar-refractivity contribution in [2.45, 2.75) is 367 Å². The fourth-order valence-corrected chi connectivity index (χ4v) is 12.5. The molecule has 0 fully saturated rings. The van der Waals surface area contributed by atoms with E-state index in [1.54, 1.807) is 0 Å². The van der Waals surface area contributed by atoms with Crippen LogP contribution in [0, 0.1) is 0 Å². The first kappa shape index (κ1) is 96.2. The van der Waals surface area contributed by atoms with Crippen molar-refractivity contribution in [1.82, 2.24) is 0 Å². The van der Waals surface area contributed by atoms with E-state index < -0.39 is 97.5 Å². The minimum atomic E-state index is -4.98. The van der Waals surface area contributed by atoms with Crippen LogP contribution < -0.4 is 0 Å². The van der Waals surface area contributed by atoms with Crippen molar-refractivity contribution in [1.29, 1.82) is 0 Å². The first-order chi connectivity index (χ1) is 48.7. The van der Waals surface area contributed by atoms with E-state index in [1.807, 2.05) is 0 Å². The summed E-state index contributed by atoms with van der Waals surface area (Å²) >= 11 is 0. The Bertz CT molecular complexity index is 2230. The van der Waals surface area contributed by atoms with Gasteiger partial charge in [-0.1, -0.05) is 312 Å². The van der Waals surface area contributed by atoms with Gasteiger partial charge in [-0.25, -0.2) is 9.13 Å². The third-order valence-electron chi connectivity index (χ3n) is 16.9. The molecule has 100 heavy (non-hydrogen) atoms. The highest BCUT2D eigenvalue weighted by atomic mass is 31.2. The number of aliphatic hydroxyl groups excluding tert-OH is 1. The lowest BCUT2D eigenvalue weighted by atomic mass is 10.0. The Morgan fingerprint density at radius 2 is 0.520 bits per heavy atom. The largest absolute Gasteiger partial charge is 0.472 e. The normalized spacial score (nSPS) is 14.3. The van der Waals surface area contributed by atoms with E-state index in [9.17, 15) is 43.2 Å². The van der Waals surface area contributed by atoms with Gasteiger partial charge < -0.3 is 33.8 Å². The van der Waals surface area contributed by atoms with E-state index in [-0.39, 0.29) is 25.7 Å². The molecule has 580 valence electrons. The van der Waals surface area contributed by atoms with Gasteiger partial charge in [0, 0.05) is 25.7 Å². The highest BCUT2D eigenvalue weighted by Crippen LogP contribution is 2.45. The number of unbranched alkanes of at least 4 members (excludes halogenated alkanes) is 35. The van der Waals surface area contributed by atoms with Crippen LogP contribution in [0.3, 0.4) is 0 Å². The zero-order valence-corrected chi connectivity index (χ0v) is 65.2. The quantitative estimate of drug-likeness (QED) is 0.0169. The highest BCUT2D eigenvalue weighted by Gasteiger charge is 2.30. The van der Waals surface area contributed by atoms with Gasteiger partial charge in [-0.05, 0) is 96.3 Å². The maximum Gasteiger partial charge on any atom is 0.472 e. The minimum Gasteiger partial charge on any atom is -0.462 e. The number of phosphoric acid groups is 2. The standard InChI is InChI=1S/C81H144O17P2/c1-5-9-13-17-21-25-29-33-35-37-39-43-46-50-54-58-62-66-79(84)92-72-77(98-81(86)68-64-60-56-52-48-44-40-38-36-34-30-26-22-18-14-10-6-2)74-96-100(89,90)94-70-75(82)69-93-99(87,88)95-73-76(97-80(85)67-63-59-55-51-47-42-32-28-24-20-16-12-8-4)71-91-78(83)65-61-57-53-49-45-41-31-27-23-19-15-11-7-3/h9-10,13-14,21-22,25-26,33-36,39,43,75-77,82H,5-8,11-12,15-20,23-24,27-32,37-38,40-42,44-74H2,1-4H3,(H,87,88)(H,89,90)/b13-9-,14-10-,25-21-,26-22-,35-33-,36-34-,43-39-. The van der Waals surface area contributed by atoms with E-state index in [1.165, 1.54) is 109 Å². The molecular weight excluding hydrogens is 1310 g/mol. The molecule has 0 aliphatic carbocycles. The maximum absolute atomic E-state index is 13.1. The number of carbonyl (C=O) groups excluding carboxylic acids is 4. The number of aliphatic hydroxyl groups is 1. The van der Waals surface area contributed by atoms with E-state index in [4.69, 9.17) is 37.0 Å². The molecule has 0 aromatic heterocycles. The molecule has 0 aliphatic rings. The van der Waals surface area contributed by atoms with Gasteiger partial charge in [-0.15, -0.1) is 0 Å². The molecule has 5 atom stereocenters. The Morgan fingerprint density at radius 3 is 0.800 bits per heavy atom. The van der Waals surface area contributed by atoms with Gasteiger partial charge in [-0.3, -0.25) is 37.3 Å². The molecule has 0 saturated carbocycles. The molecule has 0 radical (unpaired) electrons. The molecule has 19 heteroatoms. The van der Waals surface area contributed by atoms with Gasteiger partial charge in [0.2, 0.25) is 0 Å². The molecule has 0 saturated heterocycles. The Morgan fingerprint density at radius 1 is 0.290 bits per heavy atom. The van der Waals surface area contributed by atoms with Crippen LogP contribution in [0.25, 0.3) is 0 Å². The number of carbonyl (C=O) groups is 4. The topological polar surface area (TPSA) is 237 Å². The summed E-state index contributed by atoms with van der Waals surface area (Å²) in [6, 6.07) is 0. The fourth-order valence-electron chi connectivity index (χ4n) is 10.9. The molecule has 0 amide bonds. The summed E-state index contributed by atoms with van der Waals surface area (Å²) in [6.07, 6.45) is 75.6. The number of ether oxygens (including phenoxy) is 4. The van der Waals surface area contributed by atoms with Crippen LogP contribution in [-0.2, 0) is 65.4 Å². The van der Waals surface area contributed by atoms with Gasteiger partial charge >= 0.3 is 39.5 Å². The third-order valence-corrected chi connectivity index (χ3v) is 18.8. The molecule has 0 heterocycles. The maximum atomic E-state index is 13.1. The average Bonchev–Trinajstić information content (AvgIpc) is 1.15. The number of esters is 4. The van der Waals surface area contributed by atoms with Gasteiger partial charge in [0.1, 0.15) is 19.3 Å². The van der Waals surface area contributed by atoms with Crippen molar-refractivity contribution in [3.63, 3.8) is 0 Å². The lowest BCUT2D eigenvalue weighted by Gasteiger charge is -2.21.